The van der Waals surface area contributed by atoms with E-state index in [1.54, 1.807) is 25.3 Å². The molecule has 0 spiro atoms. The highest BCUT2D eigenvalue weighted by Gasteiger charge is 2.24. The molecule has 6 nitrogen and oxygen atoms in total. The number of hydrogen-bond donors (Lipinski definition) is 1. The lowest BCUT2D eigenvalue weighted by Crippen LogP contribution is -2.34. The molecule has 3 rings (SSSR count). The van der Waals surface area contributed by atoms with Crippen LogP contribution in [0.15, 0.2) is 30.5 Å². The molecule has 1 N–H and O–H groups in total. The number of ether oxygens (including phenoxy) is 1. The Morgan fingerprint density at radius 1 is 1.43 bits per heavy atom. The van der Waals surface area contributed by atoms with Crippen molar-refractivity contribution < 1.29 is 9.53 Å². The second-order valence-corrected chi connectivity index (χ2v) is 4.94. The average Bonchev–Trinajstić information content (AvgIpc) is 2.97. The Bertz CT molecular complexity index is 665. The Morgan fingerprint density at radius 2 is 2.24 bits per heavy atom. The van der Waals surface area contributed by atoms with Gasteiger partial charge in [-0.05, 0) is 12.1 Å². The highest BCUT2D eigenvalue weighted by molar-refractivity contribution is 6.04. The molecule has 0 aliphatic carbocycles. The zero-order valence-corrected chi connectivity index (χ0v) is 12.2. The first-order chi connectivity index (χ1) is 10.2. The van der Waals surface area contributed by atoms with Gasteiger partial charge in [0.2, 0.25) is 0 Å². The molecule has 0 unspecified atom stereocenters. The van der Waals surface area contributed by atoms with Crippen LogP contribution in [-0.4, -0.2) is 36.2 Å². The van der Waals surface area contributed by atoms with Crippen LogP contribution < -0.4 is 15.0 Å². The lowest BCUT2D eigenvalue weighted by atomic mass is 10.2. The maximum atomic E-state index is 12.7. The number of anilines is 1. The zero-order valence-electron chi connectivity index (χ0n) is 12.2. The highest BCUT2D eigenvalue weighted by atomic mass is 16.5. The highest BCUT2D eigenvalue weighted by Crippen LogP contribution is 2.27. The van der Waals surface area contributed by atoms with Crippen LogP contribution >= 0.6 is 0 Å². The second-order valence-electron chi connectivity index (χ2n) is 4.94. The normalized spacial score (nSPS) is 13.6. The quantitative estimate of drug-likeness (QED) is 0.923. The Labute approximate surface area is 123 Å². The molecule has 2 aromatic rings. The van der Waals surface area contributed by atoms with Crippen LogP contribution in [0.3, 0.4) is 0 Å². The van der Waals surface area contributed by atoms with Gasteiger partial charge in [0.25, 0.3) is 5.91 Å². The van der Waals surface area contributed by atoms with Gasteiger partial charge in [-0.1, -0.05) is 12.1 Å². The van der Waals surface area contributed by atoms with E-state index >= 15 is 0 Å². The van der Waals surface area contributed by atoms with E-state index in [0.717, 1.165) is 31.0 Å². The van der Waals surface area contributed by atoms with Crippen molar-refractivity contribution in [3.8, 4) is 5.75 Å². The van der Waals surface area contributed by atoms with E-state index in [-0.39, 0.29) is 5.91 Å². The molecule has 6 heteroatoms. The fourth-order valence-corrected chi connectivity index (χ4v) is 2.55. The van der Waals surface area contributed by atoms with Gasteiger partial charge in [-0.25, -0.2) is 4.98 Å². The SMILES string of the molecule is COc1ccccc1N(C)C(=O)c1ncc2n1CCNC2. The maximum absolute atomic E-state index is 12.7. The maximum Gasteiger partial charge on any atom is 0.294 e. The summed E-state index contributed by atoms with van der Waals surface area (Å²) in [6, 6.07) is 7.46. The predicted molar refractivity (Wildman–Crippen MR) is 79.7 cm³/mol. The van der Waals surface area contributed by atoms with Crippen LogP contribution in [0.4, 0.5) is 5.69 Å². The molecule has 1 aliphatic rings. The Hall–Kier alpha value is -2.34. The molecule has 1 aromatic carbocycles. The molecule has 1 aliphatic heterocycles. The summed E-state index contributed by atoms with van der Waals surface area (Å²) in [5.74, 6) is 1.01. The molecule has 0 fully saturated rings. The first-order valence-corrected chi connectivity index (χ1v) is 6.88. The number of carbonyl (C=O) groups is 1. The fraction of sp³-hybridized carbons (Fsp3) is 0.333. The third-order valence-electron chi connectivity index (χ3n) is 3.70. The first-order valence-electron chi connectivity index (χ1n) is 6.88. The summed E-state index contributed by atoms with van der Waals surface area (Å²) in [5, 5.41) is 3.27. The summed E-state index contributed by atoms with van der Waals surface area (Å²) in [6.07, 6.45) is 1.76. The van der Waals surface area contributed by atoms with E-state index in [1.807, 2.05) is 28.8 Å². The Kier molecular flexibility index (Phi) is 3.62. The smallest absolute Gasteiger partial charge is 0.294 e. The van der Waals surface area contributed by atoms with E-state index in [1.165, 1.54) is 0 Å². The molecule has 0 radical (unpaired) electrons. The zero-order chi connectivity index (χ0) is 14.8. The number of nitrogens with zero attached hydrogens (tertiary/aromatic N) is 3. The molecule has 0 saturated carbocycles. The third-order valence-corrected chi connectivity index (χ3v) is 3.70. The molecular weight excluding hydrogens is 268 g/mol. The van der Waals surface area contributed by atoms with E-state index in [0.29, 0.717) is 11.6 Å². The van der Waals surface area contributed by atoms with Gasteiger partial charge < -0.3 is 19.5 Å². The minimum absolute atomic E-state index is 0.132. The molecule has 1 aromatic heterocycles. The third kappa shape index (κ3) is 2.38. The number of imidazole rings is 1. The summed E-state index contributed by atoms with van der Waals surface area (Å²) >= 11 is 0. The van der Waals surface area contributed by atoms with Crippen LogP contribution in [0, 0.1) is 0 Å². The van der Waals surface area contributed by atoms with Crippen molar-refractivity contribution in [3.63, 3.8) is 0 Å². The van der Waals surface area contributed by atoms with Gasteiger partial charge in [0, 0.05) is 26.7 Å². The molecule has 0 saturated heterocycles. The van der Waals surface area contributed by atoms with Crippen molar-refractivity contribution >= 4 is 11.6 Å². The Balaban J connectivity index is 1.93. The lowest BCUT2D eigenvalue weighted by molar-refractivity contribution is 0.0977. The number of fused-ring (bicyclic) bond motifs is 1. The number of benzene rings is 1. The van der Waals surface area contributed by atoms with Crippen molar-refractivity contribution in [1.29, 1.82) is 0 Å². The number of nitrogens with one attached hydrogen (secondary N) is 1. The number of para-hydroxylation sites is 2. The summed E-state index contributed by atoms with van der Waals surface area (Å²) < 4.78 is 7.29. The summed E-state index contributed by atoms with van der Waals surface area (Å²) in [6.45, 7) is 2.36. The van der Waals surface area contributed by atoms with Crippen LogP contribution in [-0.2, 0) is 13.1 Å². The summed E-state index contributed by atoms with van der Waals surface area (Å²) in [4.78, 5) is 18.6. The second kappa shape index (κ2) is 5.57. The van der Waals surface area contributed by atoms with Crippen LogP contribution in [0.1, 0.15) is 16.3 Å². The van der Waals surface area contributed by atoms with Crippen molar-refractivity contribution in [1.82, 2.24) is 14.9 Å². The number of aromatic nitrogens is 2. The molecule has 1 amide bonds. The van der Waals surface area contributed by atoms with Crippen LogP contribution in [0.2, 0.25) is 0 Å². The fourth-order valence-electron chi connectivity index (χ4n) is 2.55. The molecule has 0 atom stereocenters. The van der Waals surface area contributed by atoms with Gasteiger partial charge in [0.05, 0.1) is 24.7 Å². The number of methoxy groups -OCH3 is 1. The van der Waals surface area contributed by atoms with Crippen LogP contribution in [0.25, 0.3) is 0 Å². The molecular formula is C15H18N4O2. The molecule has 21 heavy (non-hydrogen) atoms. The van der Waals surface area contributed by atoms with Crippen LogP contribution in [0.5, 0.6) is 5.75 Å². The number of rotatable bonds is 3. The van der Waals surface area contributed by atoms with E-state index in [2.05, 4.69) is 10.3 Å². The van der Waals surface area contributed by atoms with Gasteiger partial charge in [-0.2, -0.15) is 0 Å². The summed E-state index contributed by atoms with van der Waals surface area (Å²) in [7, 11) is 3.34. The van der Waals surface area contributed by atoms with Gasteiger partial charge >= 0.3 is 0 Å². The monoisotopic (exact) mass is 286 g/mol. The van der Waals surface area contributed by atoms with E-state index in [4.69, 9.17) is 4.74 Å². The number of carbonyl (C=O) groups excluding carboxylic acids is 1. The van der Waals surface area contributed by atoms with Crippen molar-refractivity contribution in [2.45, 2.75) is 13.1 Å². The van der Waals surface area contributed by atoms with Crippen molar-refractivity contribution in [2.24, 2.45) is 0 Å². The van der Waals surface area contributed by atoms with E-state index in [9.17, 15) is 4.79 Å². The summed E-state index contributed by atoms with van der Waals surface area (Å²) in [5.41, 5.74) is 1.77. The standard InChI is InChI=1S/C15H18N4O2/c1-18(12-5-3-4-6-13(12)21-2)15(20)14-17-10-11-9-16-7-8-19(11)14/h3-6,10,16H,7-9H2,1-2H3. The largest absolute Gasteiger partial charge is 0.495 e. The predicted octanol–water partition coefficient (Wildman–Crippen LogP) is 1.27. The van der Waals surface area contributed by atoms with Crippen molar-refractivity contribution in [3.05, 3.63) is 42.0 Å². The molecule has 110 valence electrons. The number of amides is 1. The van der Waals surface area contributed by atoms with Gasteiger partial charge in [0.1, 0.15) is 5.75 Å². The molecule has 2 heterocycles. The Morgan fingerprint density at radius 3 is 3.05 bits per heavy atom. The van der Waals surface area contributed by atoms with Gasteiger partial charge in [0.15, 0.2) is 5.82 Å². The van der Waals surface area contributed by atoms with Gasteiger partial charge in [-0.15, -0.1) is 0 Å². The van der Waals surface area contributed by atoms with E-state index < -0.39 is 0 Å². The topological polar surface area (TPSA) is 59.4 Å². The van der Waals surface area contributed by atoms with Crippen molar-refractivity contribution in [2.75, 3.05) is 25.6 Å². The molecule has 0 bridgehead atoms. The number of hydrogen-bond acceptors (Lipinski definition) is 4. The lowest BCUT2D eigenvalue weighted by Gasteiger charge is -2.22. The minimum Gasteiger partial charge on any atom is -0.495 e. The average molecular weight is 286 g/mol. The first kappa shape index (κ1) is 13.6. The minimum atomic E-state index is -0.132. The van der Waals surface area contributed by atoms with Gasteiger partial charge in [-0.3, -0.25) is 4.79 Å².